The smallest absolute Gasteiger partial charge is 0.295 e. The summed E-state index contributed by atoms with van der Waals surface area (Å²) in [5, 5.41) is 0. The lowest BCUT2D eigenvalue weighted by Gasteiger charge is -2.18. The molecular weight excluding hydrogens is 403 g/mol. The molecular formula is C22H21FN4O4. The van der Waals surface area contributed by atoms with E-state index in [4.69, 9.17) is 14.3 Å². The minimum atomic E-state index is -0.918. The molecule has 4 rings (SSSR count). The molecule has 1 aliphatic rings. The van der Waals surface area contributed by atoms with Crippen LogP contribution in [0.2, 0.25) is 0 Å². The maximum atomic E-state index is 14.3. The Morgan fingerprint density at radius 2 is 2.03 bits per heavy atom. The van der Waals surface area contributed by atoms with E-state index in [1.54, 1.807) is 24.4 Å². The molecule has 2 heterocycles. The summed E-state index contributed by atoms with van der Waals surface area (Å²) in [6, 6.07) is 7.93. The molecule has 0 aliphatic heterocycles. The van der Waals surface area contributed by atoms with E-state index >= 15 is 0 Å². The molecule has 0 radical (unpaired) electrons. The third kappa shape index (κ3) is 4.46. The molecule has 160 valence electrons. The molecule has 0 unspecified atom stereocenters. The van der Waals surface area contributed by atoms with Gasteiger partial charge in [0.1, 0.15) is 22.9 Å². The number of hydroxylamine groups is 1. The lowest BCUT2D eigenvalue weighted by Crippen LogP contribution is -2.31. The molecule has 0 spiro atoms. The Labute approximate surface area is 178 Å². The van der Waals surface area contributed by atoms with Gasteiger partial charge in [0.25, 0.3) is 5.91 Å². The van der Waals surface area contributed by atoms with Crippen molar-refractivity contribution in [1.29, 1.82) is 0 Å². The minimum absolute atomic E-state index is 0.0632. The molecule has 1 N–H and O–H groups in total. The van der Waals surface area contributed by atoms with Crippen LogP contribution in [0, 0.1) is 5.82 Å². The Bertz CT molecular complexity index is 1090. The number of ether oxygens (including phenoxy) is 2. The highest BCUT2D eigenvalue weighted by molar-refractivity contribution is 5.91. The van der Waals surface area contributed by atoms with Crippen molar-refractivity contribution in [3.05, 3.63) is 66.0 Å². The van der Waals surface area contributed by atoms with Crippen LogP contribution in [0.15, 0.2) is 48.9 Å². The van der Waals surface area contributed by atoms with Crippen molar-refractivity contribution < 1.29 is 23.5 Å². The molecule has 9 heteroatoms. The van der Waals surface area contributed by atoms with Gasteiger partial charge in [-0.05, 0) is 44.0 Å². The van der Waals surface area contributed by atoms with E-state index in [2.05, 4.69) is 20.4 Å². The highest BCUT2D eigenvalue weighted by Gasteiger charge is 2.49. The third-order valence-corrected chi connectivity index (χ3v) is 4.90. The first-order valence-corrected chi connectivity index (χ1v) is 9.78. The Balaban J connectivity index is 1.46. The van der Waals surface area contributed by atoms with Crippen LogP contribution in [0.4, 0.5) is 4.39 Å². The second-order valence-corrected chi connectivity index (χ2v) is 6.98. The van der Waals surface area contributed by atoms with Crippen molar-refractivity contribution >= 4 is 5.91 Å². The van der Waals surface area contributed by atoms with E-state index in [0.717, 1.165) is 0 Å². The first-order valence-electron chi connectivity index (χ1n) is 9.78. The number of rotatable bonds is 8. The fourth-order valence-electron chi connectivity index (χ4n) is 3.10. The van der Waals surface area contributed by atoms with Crippen LogP contribution in [0.3, 0.4) is 0 Å². The van der Waals surface area contributed by atoms with Gasteiger partial charge in [0.15, 0.2) is 0 Å². The standard InChI is InChI=1S/C22H21FN4O4/c1-3-30-20-7-4-14(11-25-20)18-12-24-13-19(26-18)21(28)27-31-22(8-9-22)16-10-15(29-2)5-6-17(16)23/h4-7,10-13H,3,8-9H2,1-2H3,(H,27,28). The number of benzene rings is 1. The summed E-state index contributed by atoms with van der Waals surface area (Å²) in [5.74, 6) is 0.0151. The number of amides is 1. The normalized spacial score (nSPS) is 14.0. The Morgan fingerprint density at radius 1 is 1.19 bits per heavy atom. The highest BCUT2D eigenvalue weighted by atomic mass is 19.1. The second kappa shape index (κ2) is 8.65. The van der Waals surface area contributed by atoms with Gasteiger partial charge in [0.05, 0.1) is 31.8 Å². The van der Waals surface area contributed by atoms with Crippen LogP contribution in [0.1, 0.15) is 35.8 Å². The SMILES string of the molecule is CCOc1ccc(-c2cncc(C(=O)NOC3(c4cc(OC)ccc4F)CC3)n2)cn1. The summed E-state index contributed by atoms with van der Waals surface area (Å²) < 4.78 is 24.8. The third-order valence-electron chi connectivity index (χ3n) is 4.90. The maximum absolute atomic E-state index is 14.3. The molecule has 8 nitrogen and oxygen atoms in total. The first kappa shape index (κ1) is 20.7. The quantitative estimate of drug-likeness (QED) is 0.554. The second-order valence-electron chi connectivity index (χ2n) is 6.98. The van der Waals surface area contributed by atoms with Crippen LogP contribution >= 0.6 is 0 Å². The summed E-state index contributed by atoms with van der Waals surface area (Å²) in [5.41, 5.74) is 3.03. The van der Waals surface area contributed by atoms with Gasteiger partial charge in [-0.25, -0.2) is 19.8 Å². The summed E-state index contributed by atoms with van der Waals surface area (Å²) in [6.07, 6.45) is 5.60. The number of pyridine rings is 1. The number of nitrogens with one attached hydrogen (secondary N) is 1. The lowest BCUT2D eigenvalue weighted by atomic mass is 10.1. The van der Waals surface area contributed by atoms with Gasteiger partial charge in [0, 0.05) is 23.4 Å². The molecule has 1 amide bonds. The largest absolute Gasteiger partial charge is 0.497 e. The number of methoxy groups -OCH3 is 1. The van der Waals surface area contributed by atoms with Crippen molar-refractivity contribution in [3.8, 4) is 22.9 Å². The molecule has 0 saturated heterocycles. The number of halogens is 1. The first-order chi connectivity index (χ1) is 15.0. The Hall–Kier alpha value is -3.59. The van der Waals surface area contributed by atoms with Gasteiger partial charge < -0.3 is 9.47 Å². The van der Waals surface area contributed by atoms with Crippen LogP contribution < -0.4 is 15.0 Å². The summed E-state index contributed by atoms with van der Waals surface area (Å²) in [6.45, 7) is 2.39. The predicted octanol–water partition coefficient (Wildman–Crippen LogP) is 3.44. The topological polar surface area (TPSA) is 95.5 Å². The van der Waals surface area contributed by atoms with Crippen LogP contribution in [-0.4, -0.2) is 34.6 Å². The Morgan fingerprint density at radius 3 is 2.71 bits per heavy atom. The van der Waals surface area contributed by atoms with Crippen LogP contribution in [0.5, 0.6) is 11.6 Å². The molecule has 1 aliphatic carbocycles. The Kier molecular flexibility index (Phi) is 5.77. The average Bonchev–Trinajstić information content (AvgIpc) is 3.59. The van der Waals surface area contributed by atoms with Crippen molar-refractivity contribution in [2.24, 2.45) is 0 Å². The average molecular weight is 424 g/mol. The molecule has 1 aromatic carbocycles. The van der Waals surface area contributed by atoms with Gasteiger partial charge >= 0.3 is 0 Å². The van der Waals surface area contributed by atoms with Crippen LogP contribution in [0.25, 0.3) is 11.3 Å². The number of hydrogen-bond donors (Lipinski definition) is 1. The number of aromatic nitrogens is 3. The number of hydrogen-bond acceptors (Lipinski definition) is 7. The molecule has 31 heavy (non-hydrogen) atoms. The van der Waals surface area contributed by atoms with E-state index in [1.165, 1.54) is 31.6 Å². The minimum Gasteiger partial charge on any atom is -0.497 e. The highest BCUT2D eigenvalue weighted by Crippen LogP contribution is 2.50. The maximum Gasteiger partial charge on any atom is 0.295 e. The zero-order valence-electron chi connectivity index (χ0n) is 17.1. The summed E-state index contributed by atoms with van der Waals surface area (Å²) in [7, 11) is 1.50. The van der Waals surface area contributed by atoms with Gasteiger partial charge in [-0.1, -0.05) is 0 Å². The molecule has 0 bridgehead atoms. The van der Waals surface area contributed by atoms with Crippen molar-refractivity contribution in [1.82, 2.24) is 20.4 Å². The molecule has 2 aromatic heterocycles. The van der Waals surface area contributed by atoms with Crippen molar-refractivity contribution in [2.45, 2.75) is 25.4 Å². The van der Waals surface area contributed by atoms with Crippen LogP contribution in [-0.2, 0) is 10.4 Å². The zero-order chi connectivity index (χ0) is 21.8. The fraction of sp³-hybridized carbons (Fsp3) is 0.273. The molecule has 0 atom stereocenters. The predicted molar refractivity (Wildman–Crippen MR) is 109 cm³/mol. The van der Waals surface area contributed by atoms with E-state index in [0.29, 0.717) is 47.9 Å². The van der Waals surface area contributed by atoms with E-state index in [1.807, 2.05) is 6.92 Å². The summed E-state index contributed by atoms with van der Waals surface area (Å²) in [4.78, 5) is 30.8. The van der Waals surface area contributed by atoms with E-state index in [9.17, 15) is 9.18 Å². The molecule has 1 saturated carbocycles. The van der Waals surface area contributed by atoms with Gasteiger partial charge in [-0.15, -0.1) is 0 Å². The number of nitrogens with zero attached hydrogens (tertiary/aromatic N) is 3. The van der Waals surface area contributed by atoms with E-state index in [-0.39, 0.29) is 5.69 Å². The van der Waals surface area contributed by atoms with Crippen molar-refractivity contribution in [2.75, 3.05) is 13.7 Å². The van der Waals surface area contributed by atoms with Gasteiger partial charge in [-0.3, -0.25) is 14.6 Å². The fourth-order valence-corrected chi connectivity index (χ4v) is 3.10. The monoisotopic (exact) mass is 424 g/mol. The molecule has 3 aromatic rings. The van der Waals surface area contributed by atoms with E-state index < -0.39 is 17.3 Å². The molecule has 1 fully saturated rings. The number of carbonyl (C=O) groups excluding carboxylic acids is 1. The number of carbonyl (C=O) groups is 1. The van der Waals surface area contributed by atoms with Gasteiger partial charge in [-0.2, -0.15) is 0 Å². The van der Waals surface area contributed by atoms with Gasteiger partial charge in [0.2, 0.25) is 5.88 Å². The zero-order valence-corrected chi connectivity index (χ0v) is 17.1. The van der Waals surface area contributed by atoms with Crippen molar-refractivity contribution in [3.63, 3.8) is 0 Å². The lowest BCUT2D eigenvalue weighted by molar-refractivity contribution is -0.0368. The summed E-state index contributed by atoms with van der Waals surface area (Å²) >= 11 is 0.